The molecule has 1 atom stereocenters. The van der Waals surface area contributed by atoms with Crippen molar-refractivity contribution in [2.45, 2.75) is 13.0 Å². The van der Waals surface area contributed by atoms with E-state index >= 15 is 0 Å². The van der Waals surface area contributed by atoms with E-state index in [1.165, 1.54) is 32.4 Å². The number of hydrogen-bond donors (Lipinski definition) is 1. The van der Waals surface area contributed by atoms with Crippen LogP contribution in [0.2, 0.25) is 0 Å². The molecule has 1 aliphatic rings. The summed E-state index contributed by atoms with van der Waals surface area (Å²) >= 11 is 0. The highest BCUT2D eigenvalue weighted by atomic mass is 16.5. The average molecular weight is 410 g/mol. The van der Waals surface area contributed by atoms with Gasteiger partial charge in [0.05, 0.1) is 31.3 Å². The molecule has 0 radical (unpaired) electrons. The molecule has 0 saturated carbocycles. The van der Waals surface area contributed by atoms with Gasteiger partial charge in [-0.15, -0.1) is 0 Å². The van der Waals surface area contributed by atoms with Crippen LogP contribution in [0.1, 0.15) is 32.7 Å². The predicted molar refractivity (Wildman–Crippen MR) is 108 cm³/mol. The highest BCUT2D eigenvalue weighted by Crippen LogP contribution is 2.23. The van der Waals surface area contributed by atoms with Crippen molar-refractivity contribution >= 4 is 29.4 Å². The van der Waals surface area contributed by atoms with Crippen molar-refractivity contribution in [2.24, 2.45) is 5.92 Å². The number of methoxy groups -OCH3 is 2. The third kappa shape index (κ3) is 4.83. The van der Waals surface area contributed by atoms with Gasteiger partial charge in [-0.2, -0.15) is 0 Å². The van der Waals surface area contributed by atoms with Crippen LogP contribution in [0.25, 0.3) is 0 Å². The van der Waals surface area contributed by atoms with E-state index in [2.05, 4.69) is 5.32 Å². The molecule has 1 N–H and O–H groups in total. The number of likely N-dealkylation sites (tertiary alicyclic amines) is 1. The summed E-state index contributed by atoms with van der Waals surface area (Å²) < 4.78 is 9.39. The lowest BCUT2D eigenvalue weighted by Gasteiger charge is -2.17. The minimum Gasteiger partial charge on any atom is -0.465 e. The van der Waals surface area contributed by atoms with Gasteiger partial charge in [0.25, 0.3) is 0 Å². The Morgan fingerprint density at radius 3 is 2.17 bits per heavy atom. The Hall–Kier alpha value is -3.68. The highest BCUT2D eigenvalue weighted by Gasteiger charge is 2.34. The summed E-state index contributed by atoms with van der Waals surface area (Å²) in [7, 11) is 2.44. The molecular formula is C22H22N2O6. The molecule has 1 saturated heterocycles. The lowest BCUT2D eigenvalue weighted by atomic mass is 10.1. The second-order valence-corrected chi connectivity index (χ2v) is 6.93. The lowest BCUT2D eigenvalue weighted by Crippen LogP contribution is -2.28. The van der Waals surface area contributed by atoms with Crippen molar-refractivity contribution in [1.82, 2.24) is 4.90 Å². The zero-order valence-electron chi connectivity index (χ0n) is 16.7. The molecule has 2 aromatic carbocycles. The van der Waals surface area contributed by atoms with Crippen LogP contribution in [0.4, 0.5) is 5.69 Å². The maximum Gasteiger partial charge on any atom is 0.337 e. The minimum absolute atomic E-state index is 0.0964. The molecule has 3 rings (SSSR count). The van der Waals surface area contributed by atoms with Gasteiger partial charge >= 0.3 is 11.9 Å². The van der Waals surface area contributed by atoms with E-state index < -0.39 is 17.9 Å². The normalized spacial score (nSPS) is 15.6. The second kappa shape index (κ2) is 9.21. The van der Waals surface area contributed by atoms with Crippen molar-refractivity contribution in [3.8, 4) is 0 Å². The fourth-order valence-electron chi connectivity index (χ4n) is 3.32. The van der Waals surface area contributed by atoms with Crippen LogP contribution in [0.5, 0.6) is 0 Å². The molecule has 0 spiro atoms. The lowest BCUT2D eigenvalue weighted by molar-refractivity contribution is -0.128. The monoisotopic (exact) mass is 410 g/mol. The summed E-state index contributed by atoms with van der Waals surface area (Å²) in [6, 6.07) is 13.7. The molecule has 0 bridgehead atoms. The van der Waals surface area contributed by atoms with Gasteiger partial charge in [0.2, 0.25) is 11.8 Å². The molecular weight excluding hydrogens is 388 g/mol. The number of amides is 2. The number of esters is 2. The zero-order valence-corrected chi connectivity index (χ0v) is 16.7. The number of nitrogens with zero attached hydrogens (tertiary/aromatic N) is 1. The number of hydrogen-bond acceptors (Lipinski definition) is 6. The highest BCUT2D eigenvalue weighted by molar-refractivity contribution is 6.01. The first kappa shape index (κ1) is 21.0. The number of benzene rings is 2. The molecule has 0 unspecified atom stereocenters. The Kier molecular flexibility index (Phi) is 6.46. The Morgan fingerprint density at radius 2 is 1.60 bits per heavy atom. The predicted octanol–water partition coefficient (Wildman–Crippen LogP) is 2.25. The SMILES string of the molecule is COC(=O)c1cc(NC(=O)[C@@H]2CC(=O)N(Cc3ccccc3)C2)cc(C(=O)OC)c1. The van der Waals surface area contributed by atoms with Gasteiger partial charge in [-0.3, -0.25) is 9.59 Å². The fourth-order valence-corrected chi connectivity index (χ4v) is 3.32. The van der Waals surface area contributed by atoms with Crippen molar-refractivity contribution in [3.63, 3.8) is 0 Å². The third-order valence-electron chi connectivity index (χ3n) is 4.84. The second-order valence-electron chi connectivity index (χ2n) is 6.93. The number of anilines is 1. The summed E-state index contributed by atoms with van der Waals surface area (Å²) in [5.74, 6) is -2.30. The maximum atomic E-state index is 12.7. The first-order chi connectivity index (χ1) is 14.4. The van der Waals surface area contributed by atoms with Crippen LogP contribution < -0.4 is 5.32 Å². The van der Waals surface area contributed by atoms with Gasteiger partial charge in [0.15, 0.2) is 0 Å². The number of ether oxygens (including phenoxy) is 2. The van der Waals surface area contributed by atoms with Crippen LogP contribution in [-0.4, -0.2) is 49.4 Å². The Balaban J connectivity index is 1.73. The van der Waals surface area contributed by atoms with Gasteiger partial charge in [0, 0.05) is 25.2 Å². The molecule has 0 aliphatic carbocycles. The van der Waals surface area contributed by atoms with Crippen LogP contribution in [0, 0.1) is 5.92 Å². The molecule has 1 heterocycles. The molecule has 1 fully saturated rings. The Bertz CT molecular complexity index is 939. The largest absolute Gasteiger partial charge is 0.465 e. The number of rotatable bonds is 6. The van der Waals surface area contributed by atoms with Crippen LogP contribution in [-0.2, 0) is 25.6 Å². The van der Waals surface area contributed by atoms with Gasteiger partial charge in [-0.1, -0.05) is 30.3 Å². The molecule has 30 heavy (non-hydrogen) atoms. The van der Waals surface area contributed by atoms with E-state index in [0.717, 1.165) is 5.56 Å². The number of carbonyl (C=O) groups is 4. The van der Waals surface area contributed by atoms with E-state index in [4.69, 9.17) is 9.47 Å². The summed E-state index contributed by atoms with van der Waals surface area (Å²) in [6.45, 7) is 0.730. The fraction of sp³-hybridized carbons (Fsp3) is 0.273. The van der Waals surface area contributed by atoms with E-state index in [-0.39, 0.29) is 35.0 Å². The quantitative estimate of drug-likeness (QED) is 0.733. The molecule has 8 nitrogen and oxygen atoms in total. The van der Waals surface area contributed by atoms with Gasteiger partial charge in [-0.25, -0.2) is 9.59 Å². The molecule has 8 heteroatoms. The average Bonchev–Trinajstić information content (AvgIpc) is 3.13. The first-order valence-corrected chi connectivity index (χ1v) is 9.35. The Morgan fingerprint density at radius 1 is 1.00 bits per heavy atom. The van der Waals surface area contributed by atoms with Crippen molar-refractivity contribution < 1.29 is 28.7 Å². The maximum absolute atomic E-state index is 12.7. The summed E-state index contributed by atoms with van der Waals surface area (Å²) in [5.41, 5.74) is 1.44. The third-order valence-corrected chi connectivity index (χ3v) is 4.84. The molecule has 0 aromatic heterocycles. The van der Waals surface area contributed by atoms with E-state index in [0.29, 0.717) is 13.1 Å². The number of carbonyl (C=O) groups excluding carboxylic acids is 4. The standard InChI is InChI=1S/C22H22N2O6/c1-29-21(27)15-8-16(22(28)30-2)10-18(9-15)23-20(26)17-11-19(25)24(13-17)12-14-6-4-3-5-7-14/h3-10,17H,11-13H2,1-2H3,(H,23,26)/t17-/m1/s1. The van der Waals surface area contributed by atoms with Crippen molar-refractivity contribution in [2.75, 3.05) is 26.1 Å². The topological polar surface area (TPSA) is 102 Å². The zero-order chi connectivity index (χ0) is 21.7. The van der Waals surface area contributed by atoms with Gasteiger partial charge in [0.1, 0.15) is 0 Å². The van der Waals surface area contributed by atoms with Crippen LogP contribution in [0.3, 0.4) is 0 Å². The van der Waals surface area contributed by atoms with Crippen LogP contribution in [0.15, 0.2) is 48.5 Å². The van der Waals surface area contributed by atoms with E-state index in [9.17, 15) is 19.2 Å². The van der Waals surface area contributed by atoms with Gasteiger partial charge in [-0.05, 0) is 23.8 Å². The van der Waals surface area contributed by atoms with Crippen LogP contribution >= 0.6 is 0 Å². The summed E-state index contributed by atoms with van der Waals surface area (Å²) in [4.78, 5) is 50.5. The summed E-state index contributed by atoms with van der Waals surface area (Å²) in [6.07, 6.45) is 0.0964. The van der Waals surface area contributed by atoms with Crippen molar-refractivity contribution in [1.29, 1.82) is 0 Å². The summed E-state index contributed by atoms with van der Waals surface area (Å²) in [5, 5.41) is 2.69. The molecule has 2 amide bonds. The molecule has 2 aromatic rings. The minimum atomic E-state index is -0.652. The molecule has 156 valence electrons. The van der Waals surface area contributed by atoms with Crippen molar-refractivity contribution in [3.05, 3.63) is 65.2 Å². The Labute approximate surface area is 173 Å². The van der Waals surface area contributed by atoms with Gasteiger partial charge < -0.3 is 19.7 Å². The number of nitrogens with one attached hydrogen (secondary N) is 1. The molecule has 1 aliphatic heterocycles. The van der Waals surface area contributed by atoms with E-state index in [1.54, 1.807) is 4.90 Å². The first-order valence-electron chi connectivity index (χ1n) is 9.35. The van der Waals surface area contributed by atoms with E-state index in [1.807, 2.05) is 30.3 Å². The smallest absolute Gasteiger partial charge is 0.337 e.